The zero-order valence-electron chi connectivity index (χ0n) is 19.0. The normalized spacial score (nSPS) is 20.0. The van der Waals surface area contributed by atoms with E-state index in [2.05, 4.69) is 27.4 Å². The van der Waals surface area contributed by atoms with Crippen LogP contribution in [-0.4, -0.2) is 31.3 Å². The number of carbonyl (C=O) groups excluding carboxylic acids is 1. The van der Waals surface area contributed by atoms with Crippen LogP contribution in [0.1, 0.15) is 80.2 Å². The van der Waals surface area contributed by atoms with Crippen LogP contribution in [0.3, 0.4) is 0 Å². The number of fused-ring (bicyclic) bond motifs is 3. The Labute approximate surface area is 205 Å². The third-order valence-electron chi connectivity index (χ3n) is 6.69. The zero-order chi connectivity index (χ0) is 22.9. The van der Waals surface area contributed by atoms with E-state index in [4.69, 9.17) is 4.98 Å². The Morgan fingerprint density at radius 2 is 2.03 bits per heavy atom. The smallest absolute Gasteiger partial charge is 0.260 e. The predicted molar refractivity (Wildman–Crippen MR) is 136 cm³/mol. The number of carbonyl (C=O) groups is 1. The van der Waals surface area contributed by atoms with Crippen LogP contribution in [0.5, 0.6) is 0 Å². The second-order valence-corrected chi connectivity index (χ2v) is 12.5. The van der Waals surface area contributed by atoms with Gasteiger partial charge in [0.05, 0.1) is 10.6 Å². The maximum atomic E-state index is 13.0. The van der Waals surface area contributed by atoms with Gasteiger partial charge < -0.3 is 4.98 Å². The molecule has 5 rings (SSSR count). The molecule has 2 unspecified atom stereocenters. The molecule has 10 heteroatoms. The number of aromatic amines is 1. The van der Waals surface area contributed by atoms with Crippen molar-refractivity contribution >= 4 is 55.7 Å². The highest BCUT2D eigenvalue weighted by Gasteiger charge is 2.26. The molecule has 176 valence electrons. The van der Waals surface area contributed by atoms with Crippen molar-refractivity contribution in [3.8, 4) is 0 Å². The molecular formula is C23H29N5O2S3. The van der Waals surface area contributed by atoms with E-state index < -0.39 is 0 Å². The van der Waals surface area contributed by atoms with E-state index in [-0.39, 0.29) is 16.7 Å². The Morgan fingerprint density at radius 1 is 1.21 bits per heavy atom. The van der Waals surface area contributed by atoms with E-state index in [9.17, 15) is 9.59 Å². The van der Waals surface area contributed by atoms with Gasteiger partial charge in [0.2, 0.25) is 11.0 Å². The van der Waals surface area contributed by atoms with Crippen LogP contribution in [0.15, 0.2) is 9.95 Å². The van der Waals surface area contributed by atoms with Gasteiger partial charge in [-0.15, -0.1) is 21.5 Å². The summed E-state index contributed by atoms with van der Waals surface area (Å²) in [6.45, 7) is 4.22. The van der Waals surface area contributed by atoms with Crippen LogP contribution in [0, 0.1) is 5.92 Å². The van der Waals surface area contributed by atoms with E-state index in [1.54, 1.807) is 11.3 Å². The number of aromatic nitrogens is 4. The highest BCUT2D eigenvalue weighted by atomic mass is 32.2. The van der Waals surface area contributed by atoms with Gasteiger partial charge in [-0.05, 0) is 50.0 Å². The van der Waals surface area contributed by atoms with Crippen molar-refractivity contribution in [3.63, 3.8) is 0 Å². The van der Waals surface area contributed by atoms with E-state index in [1.165, 1.54) is 52.8 Å². The molecule has 0 bridgehead atoms. The molecule has 0 saturated heterocycles. The van der Waals surface area contributed by atoms with Crippen molar-refractivity contribution in [2.45, 2.75) is 88.0 Å². The quantitative estimate of drug-likeness (QED) is 0.339. The van der Waals surface area contributed by atoms with Gasteiger partial charge >= 0.3 is 0 Å². The van der Waals surface area contributed by atoms with Crippen LogP contribution >= 0.6 is 34.4 Å². The van der Waals surface area contributed by atoms with Gasteiger partial charge in [0.25, 0.3) is 5.56 Å². The standard InChI is InChI=1S/C23H29N5O2S3/c1-3-15(18(29)24-23-28-27-20(33-23)13-7-5-4-6-8-13)32-22-25-19(30)17-14-10-9-12(2)11-16(14)31-21(17)26-22/h12-13,15H,3-11H2,1-2H3,(H,24,28,29)(H,25,26,30). The van der Waals surface area contributed by atoms with Gasteiger partial charge in [0.1, 0.15) is 9.84 Å². The van der Waals surface area contributed by atoms with Crippen LogP contribution in [0.25, 0.3) is 10.2 Å². The molecule has 3 heterocycles. The summed E-state index contributed by atoms with van der Waals surface area (Å²) in [5.41, 5.74) is 1.08. The van der Waals surface area contributed by atoms with Crippen LogP contribution in [-0.2, 0) is 17.6 Å². The first-order valence-electron chi connectivity index (χ1n) is 11.9. The first-order chi connectivity index (χ1) is 16.0. The number of nitrogens with one attached hydrogen (secondary N) is 2. The third kappa shape index (κ3) is 4.88. The van der Waals surface area contributed by atoms with Gasteiger partial charge in [-0.1, -0.05) is 56.2 Å². The Hall–Kier alpha value is -1.78. The number of H-pyrrole nitrogens is 1. The van der Waals surface area contributed by atoms with E-state index in [0.29, 0.717) is 28.5 Å². The average molecular weight is 504 g/mol. The Balaban J connectivity index is 1.30. The first-order valence-corrected chi connectivity index (χ1v) is 14.4. The molecule has 1 saturated carbocycles. The predicted octanol–water partition coefficient (Wildman–Crippen LogP) is 5.52. The minimum Gasteiger partial charge on any atom is -0.301 e. The SMILES string of the molecule is CCC(Sc1nc2sc3c(c2c(=O)[nH]1)CCC(C)C3)C(=O)Nc1nnc(C2CCCCC2)s1. The summed E-state index contributed by atoms with van der Waals surface area (Å²) in [7, 11) is 0. The lowest BCUT2D eigenvalue weighted by Gasteiger charge is -2.18. The number of anilines is 1. The van der Waals surface area contributed by atoms with Gasteiger partial charge in [0.15, 0.2) is 5.16 Å². The van der Waals surface area contributed by atoms with Crippen molar-refractivity contribution in [2.24, 2.45) is 5.92 Å². The van der Waals surface area contributed by atoms with Crippen LogP contribution < -0.4 is 10.9 Å². The average Bonchev–Trinajstić information content (AvgIpc) is 3.42. The molecule has 2 aliphatic carbocycles. The largest absolute Gasteiger partial charge is 0.301 e. The first kappa shape index (κ1) is 23.0. The molecule has 0 spiro atoms. The van der Waals surface area contributed by atoms with E-state index in [1.807, 2.05) is 6.92 Å². The number of amides is 1. The number of hydrogen-bond acceptors (Lipinski definition) is 8. The Kier molecular flexibility index (Phi) is 6.85. The third-order valence-corrected chi connectivity index (χ3v) is 10.1. The highest BCUT2D eigenvalue weighted by Crippen LogP contribution is 2.37. The molecule has 1 amide bonds. The lowest BCUT2D eigenvalue weighted by Crippen LogP contribution is -2.25. The fraction of sp³-hybridized carbons (Fsp3) is 0.609. The summed E-state index contributed by atoms with van der Waals surface area (Å²) >= 11 is 4.43. The van der Waals surface area contributed by atoms with E-state index in [0.717, 1.165) is 47.3 Å². The molecule has 0 aromatic carbocycles. The van der Waals surface area contributed by atoms with Gasteiger partial charge in [-0.3, -0.25) is 14.9 Å². The maximum Gasteiger partial charge on any atom is 0.260 e. The molecule has 0 radical (unpaired) electrons. The molecule has 7 nitrogen and oxygen atoms in total. The summed E-state index contributed by atoms with van der Waals surface area (Å²) in [6, 6.07) is 0. The summed E-state index contributed by atoms with van der Waals surface area (Å²) < 4.78 is 0. The van der Waals surface area contributed by atoms with Gasteiger partial charge in [-0.2, -0.15) is 0 Å². The van der Waals surface area contributed by atoms with Crippen LogP contribution in [0.4, 0.5) is 5.13 Å². The minimum atomic E-state index is -0.373. The topological polar surface area (TPSA) is 101 Å². The van der Waals surface area contributed by atoms with Crippen molar-refractivity contribution < 1.29 is 4.79 Å². The van der Waals surface area contributed by atoms with Gasteiger partial charge in [0, 0.05) is 10.8 Å². The zero-order valence-corrected chi connectivity index (χ0v) is 21.4. The second-order valence-electron chi connectivity index (χ2n) is 9.19. The van der Waals surface area contributed by atoms with Crippen molar-refractivity contribution in [1.82, 2.24) is 20.2 Å². The lowest BCUT2D eigenvalue weighted by molar-refractivity contribution is -0.115. The molecule has 2 N–H and O–H groups in total. The van der Waals surface area contributed by atoms with Crippen molar-refractivity contribution in [3.05, 3.63) is 25.8 Å². The maximum absolute atomic E-state index is 13.0. The van der Waals surface area contributed by atoms with Crippen LogP contribution in [0.2, 0.25) is 0 Å². The fourth-order valence-corrected chi connectivity index (χ4v) is 8.08. The summed E-state index contributed by atoms with van der Waals surface area (Å²) in [6.07, 6.45) is 9.77. The molecule has 3 aromatic heterocycles. The number of thioether (sulfide) groups is 1. The molecule has 3 aromatic rings. The lowest BCUT2D eigenvalue weighted by atomic mass is 9.89. The summed E-state index contributed by atoms with van der Waals surface area (Å²) in [4.78, 5) is 35.6. The number of hydrogen-bond donors (Lipinski definition) is 2. The summed E-state index contributed by atoms with van der Waals surface area (Å²) in [5, 5.41) is 13.9. The number of thiophene rings is 1. The Bertz CT molecular complexity index is 1210. The van der Waals surface area contributed by atoms with Crippen molar-refractivity contribution in [1.29, 1.82) is 0 Å². The molecular weight excluding hydrogens is 474 g/mol. The van der Waals surface area contributed by atoms with E-state index >= 15 is 0 Å². The minimum absolute atomic E-state index is 0.0916. The molecule has 2 aliphatic rings. The highest BCUT2D eigenvalue weighted by molar-refractivity contribution is 8.00. The van der Waals surface area contributed by atoms with Crippen molar-refractivity contribution in [2.75, 3.05) is 5.32 Å². The number of nitrogens with zero attached hydrogens (tertiary/aromatic N) is 3. The number of aryl methyl sites for hydroxylation is 1. The molecule has 1 fully saturated rings. The monoisotopic (exact) mass is 503 g/mol. The number of rotatable bonds is 6. The second kappa shape index (κ2) is 9.84. The Morgan fingerprint density at radius 3 is 2.82 bits per heavy atom. The molecule has 0 aliphatic heterocycles. The van der Waals surface area contributed by atoms with Gasteiger partial charge in [-0.25, -0.2) is 4.98 Å². The fourth-order valence-electron chi connectivity index (χ4n) is 4.83. The molecule has 2 atom stereocenters. The molecule has 33 heavy (non-hydrogen) atoms. The summed E-state index contributed by atoms with van der Waals surface area (Å²) in [5.74, 6) is 0.986.